The molecular weight excluding hydrogens is 434 g/mol. The average molecular weight is 462 g/mol. The van der Waals surface area contributed by atoms with E-state index in [0.29, 0.717) is 17.4 Å². The second-order valence-corrected chi connectivity index (χ2v) is 10.5. The van der Waals surface area contributed by atoms with E-state index in [4.69, 9.17) is 4.74 Å². The van der Waals surface area contributed by atoms with E-state index < -0.39 is 9.84 Å². The Kier molecular flexibility index (Phi) is 7.64. The average Bonchev–Trinajstić information content (AvgIpc) is 3.18. The van der Waals surface area contributed by atoms with Gasteiger partial charge in [0.05, 0.1) is 28.0 Å². The molecule has 0 aliphatic heterocycles. The van der Waals surface area contributed by atoms with Crippen molar-refractivity contribution in [2.45, 2.75) is 17.7 Å². The van der Waals surface area contributed by atoms with Crippen LogP contribution in [0.15, 0.2) is 53.4 Å². The third-order valence-corrected chi connectivity index (χ3v) is 7.58. The van der Waals surface area contributed by atoms with Gasteiger partial charge in [0.15, 0.2) is 15.0 Å². The maximum atomic E-state index is 13.1. The normalized spacial score (nSPS) is 11.7. The molecule has 0 unspecified atom stereocenters. The summed E-state index contributed by atoms with van der Waals surface area (Å²) >= 11 is 1.42. The Balaban J connectivity index is 1.80. The molecule has 1 heterocycles. The Morgan fingerprint density at radius 1 is 1.10 bits per heavy atom. The van der Waals surface area contributed by atoms with Crippen LogP contribution in [0.2, 0.25) is 0 Å². The van der Waals surface area contributed by atoms with Crippen LogP contribution >= 0.6 is 11.3 Å². The zero-order valence-electron chi connectivity index (χ0n) is 17.9. The van der Waals surface area contributed by atoms with Crippen LogP contribution in [-0.2, 0) is 14.6 Å². The summed E-state index contributed by atoms with van der Waals surface area (Å²) in [5.74, 6) is 0.215. The van der Waals surface area contributed by atoms with Crippen molar-refractivity contribution < 1.29 is 17.9 Å². The van der Waals surface area contributed by atoms with Crippen molar-refractivity contribution in [2.75, 3.05) is 44.9 Å². The monoisotopic (exact) mass is 461 g/mol. The smallest absolute Gasteiger partial charge is 0.229 e. The van der Waals surface area contributed by atoms with Crippen LogP contribution in [0.1, 0.15) is 12.8 Å². The summed E-state index contributed by atoms with van der Waals surface area (Å²) in [5, 5.41) is 0.573. The number of rotatable bonds is 10. The molecule has 0 spiro atoms. The first-order valence-electron chi connectivity index (χ1n) is 9.97. The van der Waals surface area contributed by atoms with Gasteiger partial charge in [-0.05, 0) is 51.3 Å². The number of fused-ring (bicyclic) bond motifs is 1. The Morgan fingerprint density at radius 2 is 1.84 bits per heavy atom. The SMILES string of the molecule is COc1ccc2sc(N(CCCN(C)C)C(=O)CCS(=O)(=O)c3ccccc3)nc2c1. The van der Waals surface area contributed by atoms with E-state index in [1.165, 1.54) is 11.3 Å². The van der Waals surface area contributed by atoms with Crippen LogP contribution in [0.4, 0.5) is 5.13 Å². The van der Waals surface area contributed by atoms with Gasteiger partial charge in [0, 0.05) is 19.0 Å². The van der Waals surface area contributed by atoms with Gasteiger partial charge >= 0.3 is 0 Å². The molecule has 2 aromatic carbocycles. The summed E-state index contributed by atoms with van der Waals surface area (Å²) in [5.41, 5.74) is 0.752. The molecule has 3 aromatic rings. The first-order valence-corrected chi connectivity index (χ1v) is 12.4. The molecule has 0 N–H and O–H groups in total. The number of amides is 1. The maximum absolute atomic E-state index is 13.1. The highest BCUT2D eigenvalue weighted by Gasteiger charge is 2.23. The number of benzene rings is 2. The van der Waals surface area contributed by atoms with Gasteiger partial charge in [0.2, 0.25) is 5.91 Å². The molecule has 1 aromatic heterocycles. The molecule has 0 fully saturated rings. The number of methoxy groups -OCH3 is 1. The number of carbonyl (C=O) groups excluding carboxylic acids is 1. The summed E-state index contributed by atoms with van der Waals surface area (Å²) in [4.78, 5) is 21.6. The molecule has 9 heteroatoms. The van der Waals surface area contributed by atoms with E-state index in [1.807, 2.05) is 37.2 Å². The second-order valence-electron chi connectivity index (χ2n) is 7.41. The molecule has 0 aliphatic carbocycles. The number of aromatic nitrogens is 1. The summed E-state index contributed by atoms with van der Waals surface area (Å²) in [6.07, 6.45) is 0.655. The first-order chi connectivity index (χ1) is 14.8. The molecule has 1 amide bonds. The number of thiazole rings is 1. The number of hydrogen-bond acceptors (Lipinski definition) is 7. The quantitative estimate of drug-likeness (QED) is 0.460. The van der Waals surface area contributed by atoms with Crippen LogP contribution in [-0.4, -0.2) is 64.3 Å². The predicted octanol–water partition coefficient (Wildman–Crippen LogP) is 3.45. The predicted molar refractivity (Wildman–Crippen MR) is 125 cm³/mol. The highest BCUT2D eigenvalue weighted by Crippen LogP contribution is 2.31. The standard InChI is InChI=1S/C22H27N3O4S2/c1-24(2)13-7-14-25(22-23-19-16-17(29-3)10-11-20(19)30-22)21(26)12-15-31(27,28)18-8-5-4-6-9-18/h4-6,8-11,16H,7,12-15H2,1-3H3. The molecule has 3 rings (SSSR count). The lowest BCUT2D eigenvalue weighted by molar-refractivity contribution is -0.118. The highest BCUT2D eigenvalue weighted by atomic mass is 32.2. The fourth-order valence-electron chi connectivity index (χ4n) is 3.11. The van der Waals surface area contributed by atoms with Gasteiger partial charge in [-0.1, -0.05) is 29.5 Å². The molecular formula is C22H27N3O4S2. The van der Waals surface area contributed by atoms with Crippen molar-refractivity contribution in [2.24, 2.45) is 0 Å². The van der Waals surface area contributed by atoms with E-state index in [9.17, 15) is 13.2 Å². The first kappa shape index (κ1) is 23.2. The van der Waals surface area contributed by atoms with Crippen molar-refractivity contribution in [3.63, 3.8) is 0 Å². The number of ether oxygens (including phenoxy) is 1. The summed E-state index contributed by atoms with van der Waals surface area (Å²) in [6, 6.07) is 13.8. The minimum Gasteiger partial charge on any atom is -0.497 e. The van der Waals surface area contributed by atoms with Crippen molar-refractivity contribution in [1.29, 1.82) is 0 Å². The molecule has 0 bridgehead atoms. The van der Waals surface area contributed by atoms with Crippen LogP contribution in [0.3, 0.4) is 0 Å². The van der Waals surface area contributed by atoms with Crippen molar-refractivity contribution in [3.8, 4) is 5.75 Å². The fourth-order valence-corrected chi connectivity index (χ4v) is 5.35. The van der Waals surface area contributed by atoms with Crippen molar-refractivity contribution >= 4 is 42.4 Å². The van der Waals surface area contributed by atoms with Gasteiger partial charge in [-0.25, -0.2) is 13.4 Å². The third kappa shape index (κ3) is 6.03. The minimum atomic E-state index is -3.53. The van der Waals surface area contributed by atoms with Crippen molar-refractivity contribution in [1.82, 2.24) is 9.88 Å². The number of anilines is 1. The molecule has 7 nitrogen and oxygen atoms in total. The molecule has 0 atom stereocenters. The lowest BCUT2D eigenvalue weighted by Gasteiger charge is -2.21. The Labute approximate surface area is 187 Å². The molecule has 0 radical (unpaired) electrons. The largest absolute Gasteiger partial charge is 0.497 e. The van der Waals surface area contributed by atoms with E-state index in [-0.39, 0.29) is 23.0 Å². The molecule has 31 heavy (non-hydrogen) atoms. The molecule has 166 valence electrons. The van der Waals surface area contributed by atoms with Gasteiger partial charge in [-0.15, -0.1) is 0 Å². The van der Waals surface area contributed by atoms with E-state index in [0.717, 1.165) is 23.2 Å². The lowest BCUT2D eigenvalue weighted by Crippen LogP contribution is -2.34. The number of sulfone groups is 1. The molecule has 0 saturated heterocycles. The molecule has 0 aliphatic rings. The lowest BCUT2D eigenvalue weighted by atomic mass is 10.3. The van der Waals surface area contributed by atoms with Crippen LogP contribution < -0.4 is 9.64 Å². The van der Waals surface area contributed by atoms with E-state index in [1.54, 1.807) is 42.3 Å². The summed E-state index contributed by atoms with van der Waals surface area (Å²) < 4.78 is 31.4. The van der Waals surface area contributed by atoms with Crippen LogP contribution in [0.5, 0.6) is 5.75 Å². The Hall–Kier alpha value is -2.49. The van der Waals surface area contributed by atoms with Gasteiger partial charge in [-0.3, -0.25) is 9.69 Å². The molecule has 0 saturated carbocycles. The zero-order chi connectivity index (χ0) is 22.4. The van der Waals surface area contributed by atoms with E-state index in [2.05, 4.69) is 4.98 Å². The Morgan fingerprint density at radius 3 is 2.52 bits per heavy atom. The summed E-state index contributed by atoms with van der Waals surface area (Å²) in [7, 11) is 2.02. The fraction of sp³-hybridized carbons (Fsp3) is 0.364. The highest BCUT2D eigenvalue weighted by molar-refractivity contribution is 7.91. The number of hydrogen-bond donors (Lipinski definition) is 0. The minimum absolute atomic E-state index is 0.0988. The van der Waals surface area contributed by atoms with Gasteiger partial charge in [0.1, 0.15) is 5.75 Å². The Bertz CT molecular complexity index is 1130. The number of carbonyl (C=O) groups is 1. The maximum Gasteiger partial charge on any atom is 0.229 e. The van der Waals surface area contributed by atoms with Gasteiger partial charge in [0.25, 0.3) is 0 Å². The zero-order valence-corrected chi connectivity index (χ0v) is 19.6. The topological polar surface area (TPSA) is 79.8 Å². The van der Waals surface area contributed by atoms with E-state index >= 15 is 0 Å². The number of nitrogens with zero attached hydrogens (tertiary/aromatic N) is 3. The third-order valence-electron chi connectivity index (χ3n) is 4.79. The van der Waals surface area contributed by atoms with Crippen LogP contribution in [0, 0.1) is 0 Å². The van der Waals surface area contributed by atoms with Gasteiger partial charge < -0.3 is 9.64 Å². The van der Waals surface area contributed by atoms with Gasteiger partial charge in [-0.2, -0.15) is 0 Å². The van der Waals surface area contributed by atoms with Crippen LogP contribution in [0.25, 0.3) is 10.2 Å². The van der Waals surface area contributed by atoms with Crippen molar-refractivity contribution in [3.05, 3.63) is 48.5 Å². The summed E-state index contributed by atoms with van der Waals surface area (Å²) in [6.45, 7) is 1.28. The second kappa shape index (κ2) is 10.2.